The minimum Gasteiger partial charge on any atom is -0.465 e. The van der Waals surface area contributed by atoms with Crippen LogP contribution in [0.25, 0.3) is 10.9 Å². The molecule has 2 aromatic carbocycles. The minimum atomic E-state index is -0.443. The van der Waals surface area contributed by atoms with Crippen molar-refractivity contribution in [2.75, 3.05) is 12.4 Å². The summed E-state index contributed by atoms with van der Waals surface area (Å²) in [6.45, 7) is 0. The number of methoxy groups -OCH3 is 1. The van der Waals surface area contributed by atoms with E-state index in [9.17, 15) is 9.59 Å². The van der Waals surface area contributed by atoms with Crippen molar-refractivity contribution in [2.45, 2.75) is 0 Å². The van der Waals surface area contributed by atoms with E-state index in [0.29, 0.717) is 16.9 Å². The normalized spacial score (nSPS) is 10.4. The molecule has 0 atom stereocenters. The molecule has 110 valence electrons. The Kier molecular flexibility index (Phi) is 3.62. The Hall–Kier alpha value is -3.08. The molecule has 0 aliphatic rings. The summed E-state index contributed by atoms with van der Waals surface area (Å²) >= 11 is 0. The van der Waals surface area contributed by atoms with E-state index in [0.717, 1.165) is 10.9 Å². The van der Waals surface area contributed by atoms with Gasteiger partial charge in [0.1, 0.15) is 5.69 Å². The number of hydrogen-bond donors (Lipinski definition) is 2. The summed E-state index contributed by atoms with van der Waals surface area (Å²) in [6, 6.07) is 16.0. The number of rotatable bonds is 3. The van der Waals surface area contributed by atoms with Crippen LogP contribution in [0.2, 0.25) is 0 Å². The molecule has 0 aliphatic heterocycles. The molecule has 1 aromatic heterocycles. The first-order valence-electron chi connectivity index (χ1n) is 6.75. The number of amides is 1. The summed E-state index contributed by atoms with van der Waals surface area (Å²) < 4.78 is 4.66. The lowest BCUT2D eigenvalue weighted by Gasteiger charge is -2.05. The van der Waals surface area contributed by atoms with Gasteiger partial charge in [-0.05, 0) is 30.3 Å². The molecule has 0 radical (unpaired) electrons. The van der Waals surface area contributed by atoms with E-state index >= 15 is 0 Å². The van der Waals surface area contributed by atoms with Gasteiger partial charge in [0.2, 0.25) is 0 Å². The number of esters is 1. The molecule has 0 aliphatic carbocycles. The van der Waals surface area contributed by atoms with E-state index in [2.05, 4.69) is 15.0 Å². The quantitative estimate of drug-likeness (QED) is 0.729. The van der Waals surface area contributed by atoms with Crippen LogP contribution in [0.3, 0.4) is 0 Å². The van der Waals surface area contributed by atoms with Gasteiger partial charge in [-0.2, -0.15) is 0 Å². The second-order valence-corrected chi connectivity index (χ2v) is 4.80. The van der Waals surface area contributed by atoms with Crippen LogP contribution < -0.4 is 5.32 Å². The van der Waals surface area contributed by atoms with Crippen molar-refractivity contribution in [3.05, 3.63) is 65.9 Å². The van der Waals surface area contributed by atoms with Gasteiger partial charge in [-0.1, -0.05) is 24.3 Å². The van der Waals surface area contributed by atoms with Crippen molar-refractivity contribution >= 4 is 28.5 Å². The first kappa shape index (κ1) is 13.9. The van der Waals surface area contributed by atoms with Gasteiger partial charge in [-0.25, -0.2) is 4.79 Å². The number of carbonyl (C=O) groups excluding carboxylic acids is 2. The lowest BCUT2D eigenvalue weighted by atomic mass is 10.2. The van der Waals surface area contributed by atoms with Crippen molar-refractivity contribution < 1.29 is 14.3 Å². The molecule has 0 saturated carbocycles. The number of fused-ring (bicyclic) bond motifs is 1. The fourth-order valence-electron chi connectivity index (χ4n) is 2.24. The molecule has 0 spiro atoms. The Bertz CT molecular complexity index is 819. The van der Waals surface area contributed by atoms with Crippen LogP contribution in [-0.2, 0) is 4.74 Å². The molecule has 1 heterocycles. The third kappa shape index (κ3) is 2.69. The number of carbonyl (C=O) groups is 2. The van der Waals surface area contributed by atoms with Gasteiger partial charge in [0.25, 0.3) is 5.91 Å². The maximum Gasteiger partial charge on any atom is 0.337 e. The summed E-state index contributed by atoms with van der Waals surface area (Å²) in [5.41, 5.74) is 2.28. The highest BCUT2D eigenvalue weighted by Crippen LogP contribution is 2.17. The van der Waals surface area contributed by atoms with E-state index in [1.54, 1.807) is 30.3 Å². The van der Waals surface area contributed by atoms with Crippen molar-refractivity contribution in [1.29, 1.82) is 0 Å². The van der Waals surface area contributed by atoms with E-state index in [1.165, 1.54) is 7.11 Å². The van der Waals surface area contributed by atoms with Crippen LogP contribution >= 0.6 is 0 Å². The average Bonchev–Trinajstić information content (AvgIpc) is 2.98. The van der Waals surface area contributed by atoms with Crippen LogP contribution in [0, 0.1) is 0 Å². The first-order valence-corrected chi connectivity index (χ1v) is 6.75. The van der Waals surface area contributed by atoms with Gasteiger partial charge in [0.15, 0.2) is 0 Å². The average molecular weight is 294 g/mol. The van der Waals surface area contributed by atoms with E-state index in [-0.39, 0.29) is 5.91 Å². The Morgan fingerprint density at radius 2 is 1.86 bits per heavy atom. The summed E-state index contributed by atoms with van der Waals surface area (Å²) in [7, 11) is 1.32. The smallest absolute Gasteiger partial charge is 0.337 e. The lowest BCUT2D eigenvalue weighted by Crippen LogP contribution is -2.12. The van der Waals surface area contributed by atoms with Crippen molar-refractivity contribution in [2.24, 2.45) is 0 Å². The highest BCUT2D eigenvalue weighted by Gasteiger charge is 2.11. The molecule has 2 N–H and O–H groups in total. The number of benzene rings is 2. The zero-order chi connectivity index (χ0) is 15.5. The van der Waals surface area contributed by atoms with Gasteiger partial charge in [0, 0.05) is 16.6 Å². The van der Waals surface area contributed by atoms with E-state index < -0.39 is 5.97 Å². The van der Waals surface area contributed by atoms with Crippen LogP contribution in [-0.4, -0.2) is 24.0 Å². The number of ether oxygens (including phenoxy) is 1. The number of hydrogen-bond acceptors (Lipinski definition) is 3. The topological polar surface area (TPSA) is 71.2 Å². The number of H-pyrrole nitrogens is 1. The maximum atomic E-state index is 12.3. The Morgan fingerprint density at radius 3 is 2.64 bits per heavy atom. The Labute approximate surface area is 126 Å². The number of nitrogens with one attached hydrogen (secondary N) is 2. The van der Waals surface area contributed by atoms with Gasteiger partial charge < -0.3 is 15.0 Å². The van der Waals surface area contributed by atoms with Crippen LogP contribution in [0.15, 0.2) is 54.6 Å². The molecule has 1 amide bonds. The summed E-state index contributed by atoms with van der Waals surface area (Å²) in [4.78, 5) is 26.8. The fraction of sp³-hybridized carbons (Fsp3) is 0.0588. The van der Waals surface area contributed by atoms with Crippen LogP contribution in [0.5, 0.6) is 0 Å². The van der Waals surface area contributed by atoms with E-state index in [4.69, 9.17) is 0 Å². The SMILES string of the molecule is COC(=O)c1cccc(NC(=O)c2cc3ccccc3[nH]2)c1. The molecule has 0 unspecified atom stereocenters. The predicted molar refractivity (Wildman–Crippen MR) is 84.0 cm³/mol. The summed E-state index contributed by atoms with van der Waals surface area (Å²) in [5.74, 6) is -0.708. The van der Waals surface area contributed by atoms with Gasteiger partial charge in [-0.15, -0.1) is 0 Å². The standard InChI is InChI=1S/C17H14N2O3/c1-22-17(21)12-6-4-7-13(9-12)18-16(20)15-10-11-5-2-3-8-14(11)19-15/h2-10,19H,1H3,(H,18,20). The number of aromatic amines is 1. The van der Waals surface area contributed by atoms with Gasteiger partial charge in [0.05, 0.1) is 12.7 Å². The van der Waals surface area contributed by atoms with Crippen LogP contribution in [0.1, 0.15) is 20.8 Å². The second kappa shape index (κ2) is 5.73. The fourth-order valence-corrected chi connectivity index (χ4v) is 2.24. The van der Waals surface area contributed by atoms with Crippen LogP contribution in [0.4, 0.5) is 5.69 Å². The summed E-state index contributed by atoms with van der Waals surface area (Å²) in [6.07, 6.45) is 0. The molecule has 3 rings (SSSR count). The van der Waals surface area contributed by atoms with Gasteiger partial charge in [-0.3, -0.25) is 4.79 Å². The molecule has 5 nitrogen and oxygen atoms in total. The number of aromatic nitrogens is 1. The van der Waals surface area contributed by atoms with Gasteiger partial charge >= 0.3 is 5.97 Å². The Balaban J connectivity index is 1.83. The third-order valence-electron chi connectivity index (χ3n) is 3.32. The Morgan fingerprint density at radius 1 is 1.05 bits per heavy atom. The van der Waals surface area contributed by atoms with E-state index in [1.807, 2.05) is 24.3 Å². The molecule has 0 saturated heterocycles. The number of anilines is 1. The zero-order valence-corrected chi connectivity index (χ0v) is 11.9. The summed E-state index contributed by atoms with van der Waals surface area (Å²) in [5, 5.41) is 3.73. The van der Waals surface area contributed by atoms with Crippen molar-refractivity contribution in [1.82, 2.24) is 4.98 Å². The van der Waals surface area contributed by atoms with Crippen molar-refractivity contribution in [3.8, 4) is 0 Å². The molecular formula is C17H14N2O3. The minimum absolute atomic E-state index is 0.266. The third-order valence-corrected chi connectivity index (χ3v) is 3.32. The largest absolute Gasteiger partial charge is 0.465 e. The monoisotopic (exact) mass is 294 g/mol. The molecule has 0 fully saturated rings. The molecule has 0 bridgehead atoms. The highest BCUT2D eigenvalue weighted by molar-refractivity contribution is 6.06. The molecular weight excluding hydrogens is 280 g/mol. The lowest BCUT2D eigenvalue weighted by molar-refractivity contribution is 0.0600. The highest BCUT2D eigenvalue weighted by atomic mass is 16.5. The second-order valence-electron chi connectivity index (χ2n) is 4.80. The molecule has 3 aromatic rings. The number of para-hydroxylation sites is 1. The molecule has 22 heavy (non-hydrogen) atoms. The molecule has 5 heteroatoms. The zero-order valence-electron chi connectivity index (χ0n) is 11.9. The maximum absolute atomic E-state index is 12.3. The predicted octanol–water partition coefficient (Wildman–Crippen LogP) is 3.21. The van der Waals surface area contributed by atoms with Crippen molar-refractivity contribution in [3.63, 3.8) is 0 Å². The first-order chi connectivity index (χ1) is 10.7.